The van der Waals surface area contributed by atoms with E-state index in [0.717, 1.165) is 15.8 Å². The molecule has 3 heteroatoms. The molecule has 0 fully saturated rings. The molecule has 0 radical (unpaired) electrons. The lowest BCUT2D eigenvalue weighted by Crippen LogP contribution is -2.19. The van der Waals surface area contributed by atoms with E-state index in [2.05, 4.69) is 65.4 Å². The SMILES string of the molecule is CNC(c1cc(C)ccc1OC)c1cccc(C)c1Br. The largest absolute Gasteiger partial charge is 0.496 e. The van der Waals surface area contributed by atoms with Crippen molar-refractivity contribution < 1.29 is 4.74 Å². The lowest BCUT2D eigenvalue weighted by Gasteiger charge is -2.22. The summed E-state index contributed by atoms with van der Waals surface area (Å²) in [5, 5.41) is 3.39. The fourth-order valence-corrected chi connectivity index (χ4v) is 2.94. The Bertz CT molecular complexity index is 610. The molecule has 1 unspecified atom stereocenters. The Morgan fingerprint density at radius 1 is 1.10 bits per heavy atom. The number of ether oxygens (including phenoxy) is 1. The predicted molar refractivity (Wildman–Crippen MR) is 87.5 cm³/mol. The molecule has 0 aromatic heterocycles. The summed E-state index contributed by atoms with van der Waals surface area (Å²) in [7, 11) is 3.69. The molecule has 0 aliphatic heterocycles. The second-order valence-corrected chi connectivity index (χ2v) is 5.74. The van der Waals surface area contributed by atoms with Gasteiger partial charge >= 0.3 is 0 Å². The van der Waals surface area contributed by atoms with Crippen molar-refractivity contribution in [2.75, 3.05) is 14.2 Å². The van der Waals surface area contributed by atoms with Crippen LogP contribution in [0.25, 0.3) is 0 Å². The van der Waals surface area contributed by atoms with Gasteiger partial charge in [0.15, 0.2) is 0 Å². The first-order valence-electron chi connectivity index (χ1n) is 6.65. The Hall–Kier alpha value is -1.32. The zero-order valence-electron chi connectivity index (χ0n) is 12.3. The van der Waals surface area contributed by atoms with Crippen LogP contribution in [0.4, 0.5) is 0 Å². The standard InChI is InChI=1S/C17H20BrNO/c1-11-8-9-15(20-4)14(10-11)17(19-3)13-7-5-6-12(2)16(13)18/h5-10,17,19H,1-4H3. The van der Waals surface area contributed by atoms with Gasteiger partial charge in [0.1, 0.15) is 5.75 Å². The molecule has 0 spiro atoms. The lowest BCUT2D eigenvalue weighted by atomic mass is 9.95. The number of hydrogen-bond acceptors (Lipinski definition) is 2. The highest BCUT2D eigenvalue weighted by atomic mass is 79.9. The number of nitrogens with one attached hydrogen (secondary N) is 1. The molecule has 2 rings (SSSR count). The maximum Gasteiger partial charge on any atom is 0.123 e. The number of hydrogen-bond donors (Lipinski definition) is 1. The van der Waals surface area contributed by atoms with Crippen molar-refractivity contribution in [3.63, 3.8) is 0 Å². The summed E-state index contributed by atoms with van der Waals surface area (Å²) in [5.41, 5.74) is 4.83. The fraction of sp³-hybridized carbons (Fsp3) is 0.294. The Labute approximate surface area is 129 Å². The van der Waals surface area contributed by atoms with Gasteiger partial charge in [0.2, 0.25) is 0 Å². The third-order valence-corrected chi connectivity index (χ3v) is 4.60. The van der Waals surface area contributed by atoms with Gasteiger partial charge in [-0.05, 0) is 38.1 Å². The molecular formula is C17H20BrNO. The second-order valence-electron chi connectivity index (χ2n) is 4.95. The van der Waals surface area contributed by atoms with E-state index in [0.29, 0.717) is 0 Å². The highest BCUT2D eigenvalue weighted by Crippen LogP contribution is 2.35. The van der Waals surface area contributed by atoms with Crippen LogP contribution in [-0.2, 0) is 0 Å². The topological polar surface area (TPSA) is 21.3 Å². The summed E-state index contributed by atoms with van der Waals surface area (Å²) >= 11 is 3.70. The molecule has 2 aromatic rings. The van der Waals surface area contributed by atoms with E-state index in [-0.39, 0.29) is 6.04 Å². The summed E-state index contributed by atoms with van der Waals surface area (Å²) in [6, 6.07) is 12.7. The van der Waals surface area contributed by atoms with Crippen LogP contribution in [0.5, 0.6) is 5.75 Å². The first kappa shape index (κ1) is 15.1. The molecule has 2 nitrogen and oxygen atoms in total. The fourth-order valence-electron chi connectivity index (χ4n) is 2.45. The first-order chi connectivity index (χ1) is 9.58. The summed E-state index contributed by atoms with van der Waals surface area (Å²) in [5.74, 6) is 0.906. The van der Waals surface area contributed by atoms with Crippen LogP contribution in [0.15, 0.2) is 40.9 Å². The molecule has 1 atom stereocenters. The van der Waals surface area contributed by atoms with Gasteiger partial charge in [0.05, 0.1) is 13.2 Å². The van der Waals surface area contributed by atoms with Crippen LogP contribution in [0, 0.1) is 13.8 Å². The maximum atomic E-state index is 5.52. The van der Waals surface area contributed by atoms with Crippen molar-refractivity contribution in [2.24, 2.45) is 0 Å². The van der Waals surface area contributed by atoms with Crippen molar-refractivity contribution >= 4 is 15.9 Å². The number of rotatable bonds is 4. The van der Waals surface area contributed by atoms with Crippen LogP contribution in [0.2, 0.25) is 0 Å². The highest BCUT2D eigenvalue weighted by molar-refractivity contribution is 9.10. The molecule has 0 saturated carbocycles. The van der Waals surface area contributed by atoms with Gasteiger partial charge in [-0.3, -0.25) is 0 Å². The third kappa shape index (κ3) is 2.89. The van der Waals surface area contributed by atoms with Gasteiger partial charge in [0.25, 0.3) is 0 Å². The minimum Gasteiger partial charge on any atom is -0.496 e. The van der Waals surface area contributed by atoms with Gasteiger partial charge in [-0.25, -0.2) is 0 Å². The third-order valence-electron chi connectivity index (χ3n) is 3.52. The molecule has 0 saturated heterocycles. The van der Waals surface area contributed by atoms with Crippen LogP contribution in [0.1, 0.15) is 28.3 Å². The van der Waals surface area contributed by atoms with Crippen molar-refractivity contribution in [3.8, 4) is 5.75 Å². The normalized spacial score (nSPS) is 12.2. The average molecular weight is 334 g/mol. The van der Waals surface area contributed by atoms with Crippen LogP contribution >= 0.6 is 15.9 Å². The summed E-state index contributed by atoms with van der Waals surface area (Å²) in [4.78, 5) is 0. The Morgan fingerprint density at radius 3 is 2.50 bits per heavy atom. The Balaban J connectivity index is 2.58. The molecule has 2 aromatic carbocycles. The van der Waals surface area contributed by atoms with E-state index >= 15 is 0 Å². The lowest BCUT2D eigenvalue weighted by molar-refractivity contribution is 0.405. The molecule has 0 heterocycles. The number of aryl methyl sites for hydroxylation is 2. The van der Waals surface area contributed by atoms with E-state index in [9.17, 15) is 0 Å². The smallest absolute Gasteiger partial charge is 0.123 e. The van der Waals surface area contributed by atoms with Gasteiger partial charge in [-0.1, -0.05) is 51.8 Å². The van der Waals surface area contributed by atoms with E-state index in [1.807, 2.05) is 13.1 Å². The van der Waals surface area contributed by atoms with Crippen LogP contribution < -0.4 is 10.1 Å². The molecule has 0 aliphatic carbocycles. The minimum atomic E-state index is 0.0964. The number of methoxy groups -OCH3 is 1. The molecule has 106 valence electrons. The van der Waals surface area contributed by atoms with Crippen molar-refractivity contribution in [3.05, 3.63) is 63.1 Å². The van der Waals surface area contributed by atoms with Gasteiger partial charge < -0.3 is 10.1 Å². The first-order valence-corrected chi connectivity index (χ1v) is 7.44. The maximum absolute atomic E-state index is 5.52. The molecule has 20 heavy (non-hydrogen) atoms. The van der Waals surface area contributed by atoms with Gasteiger partial charge in [-0.15, -0.1) is 0 Å². The van der Waals surface area contributed by atoms with Crippen molar-refractivity contribution in [2.45, 2.75) is 19.9 Å². The summed E-state index contributed by atoms with van der Waals surface area (Å²) in [6.45, 7) is 4.20. The highest BCUT2D eigenvalue weighted by Gasteiger charge is 2.19. The van der Waals surface area contributed by atoms with Gasteiger partial charge in [-0.2, -0.15) is 0 Å². The molecule has 0 aliphatic rings. The van der Waals surface area contributed by atoms with E-state index in [4.69, 9.17) is 4.74 Å². The predicted octanol–water partition coefficient (Wildman–Crippen LogP) is 4.38. The van der Waals surface area contributed by atoms with Crippen molar-refractivity contribution in [1.82, 2.24) is 5.32 Å². The summed E-state index contributed by atoms with van der Waals surface area (Å²) in [6.07, 6.45) is 0. The summed E-state index contributed by atoms with van der Waals surface area (Å²) < 4.78 is 6.66. The molecule has 1 N–H and O–H groups in total. The number of halogens is 1. The van der Waals surface area contributed by atoms with Crippen LogP contribution in [-0.4, -0.2) is 14.2 Å². The molecule has 0 amide bonds. The zero-order valence-corrected chi connectivity index (χ0v) is 13.9. The second kappa shape index (κ2) is 6.42. The Kier molecular flexibility index (Phi) is 4.84. The molecule has 0 bridgehead atoms. The monoisotopic (exact) mass is 333 g/mol. The van der Waals surface area contributed by atoms with E-state index in [1.54, 1.807) is 7.11 Å². The van der Waals surface area contributed by atoms with Crippen molar-refractivity contribution in [1.29, 1.82) is 0 Å². The number of benzene rings is 2. The minimum absolute atomic E-state index is 0.0964. The Morgan fingerprint density at radius 2 is 1.85 bits per heavy atom. The molecular weight excluding hydrogens is 314 g/mol. The van der Waals surface area contributed by atoms with E-state index < -0.39 is 0 Å². The quantitative estimate of drug-likeness (QED) is 0.896. The zero-order chi connectivity index (χ0) is 14.7. The van der Waals surface area contributed by atoms with Crippen LogP contribution in [0.3, 0.4) is 0 Å². The van der Waals surface area contributed by atoms with E-state index in [1.165, 1.54) is 16.7 Å². The van der Waals surface area contributed by atoms with Gasteiger partial charge in [0, 0.05) is 10.0 Å². The average Bonchev–Trinajstić information content (AvgIpc) is 2.44.